The molecule has 0 heterocycles. The summed E-state index contributed by atoms with van der Waals surface area (Å²) >= 11 is 0. The highest BCUT2D eigenvalue weighted by Crippen LogP contribution is 2.58. The van der Waals surface area contributed by atoms with Gasteiger partial charge in [-0.05, 0) is 79.4 Å². The van der Waals surface area contributed by atoms with E-state index < -0.39 is 0 Å². The molecule has 3 saturated carbocycles. The van der Waals surface area contributed by atoms with Gasteiger partial charge in [0.05, 0.1) is 0 Å². The number of allylic oxidation sites excluding steroid dienone is 1. The van der Waals surface area contributed by atoms with E-state index in [1.165, 1.54) is 49.7 Å². The Bertz CT molecular complexity index is 470. The van der Waals surface area contributed by atoms with E-state index in [0.29, 0.717) is 10.8 Å². The lowest BCUT2D eigenvalue weighted by Gasteiger charge is -2.53. The van der Waals surface area contributed by atoms with Crippen molar-refractivity contribution in [3.05, 3.63) is 47.5 Å². The molecule has 0 saturated heterocycles. The predicted octanol–water partition coefficient (Wildman–Crippen LogP) is 5.34. The van der Waals surface area contributed by atoms with Crippen molar-refractivity contribution in [3.8, 4) is 0 Å². The second-order valence-corrected chi connectivity index (χ2v) is 6.84. The number of hydrogen-bond acceptors (Lipinski definition) is 0. The Labute approximate surface area is 117 Å². The van der Waals surface area contributed by atoms with Crippen molar-refractivity contribution in [2.45, 2.75) is 64.2 Å². The minimum absolute atomic E-state index is 0.486. The monoisotopic (exact) mass is 254 g/mol. The molecule has 0 radical (unpaired) electrons. The summed E-state index contributed by atoms with van der Waals surface area (Å²) in [6.45, 7) is 8.61. The van der Waals surface area contributed by atoms with Crippen LogP contribution in [-0.2, 0) is 11.8 Å². The van der Waals surface area contributed by atoms with E-state index in [9.17, 15) is 0 Å². The molecule has 0 atom stereocenters. The minimum atomic E-state index is 0.486. The van der Waals surface area contributed by atoms with Crippen LogP contribution in [0.3, 0.4) is 0 Å². The highest BCUT2D eigenvalue weighted by atomic mass is 14.5. The Hall–Kier alpha value is -1.04. The lowest BCUT2D eigenvalue weighted by Crippen LogP contribution is -2.43. The van der Waals surface area contributed by atoms with Gasteiger partial charge in [-0.1, -0.05) is 31.2 Å². The lowest BCUT2D eigenvalue weighted by atomic mass is 9.52. The molecule has 0 aliphatic heterocycles. The summed E-state index contributed by atoms with van der Waals surface area (Å²) in [5.41, 5.74) is 5.58. The fourth-order valence-electron chi connectivity index (χ4n) is 4.38. The molecule has 0 aromatic heterocycles. The Morgan fingerprint density at radius 3 is 2.21 bits per heavy atom. The summed E-state index contributed by atoms with van der Waals surface area (Å²) < 4.78 is 0. The van der Waals surface area contributed by atoms with Crippen LogP contribution in [0.15, 0.2) is 30.9 Å². The van der Waals surface area contributed by atoms with Crippen LogP contribution in [0.2, 0.25) is 0 Å². The second-order valence-electron chi connectivity index (χ2n) is 6.84. The zero-order valence-corrected chi connectivity index (χ0v) is 12.5. The third-order valence-corrected chi connectivity index (χ3v) is 6.07. The molecule has 3 aliphatic carbocycles. The van der Waals surface area contributed by atoms with Crippen molar-refractivity contribution in [2.75, 3.05) is 0 Å². The first-order chi connectivity index (χ1) is 9.13. The average Bonchev–Trinajstić information content (AvgIpc) is 2.49. The number of aryl methyl sites for hydroxylation is 2. The summed E-state index contributed by atoms with van der Waals surface area (Å²) in [6, 6.07) is 7.26. The quantitative estimate of drug-likeness (QED) is 0.639. The van der Waals surface area contributed by atoms with Gasteiger partial charge >= 0.3 is 0 Å². The van der Waals surface area contributed by atoms with E-state index in [1.54, 1.807) is 5.56 Å². The van der Waals surface area contributed by atoms with Crippen LogP contribution in [0.1, 0.15) is 62.1 Å². The SMILES string of the molecule is C=CC12CCC(c3ccc(CC)c(C)c3)(CC1)CC2. The van der Waals surface area contributed by atoms with Gasteiger partial charge in [0.25, 0.3) is 0 Å². The molecule has 0 nitrogen and oxygen atoms in total. The number of hydrogen-bond donors (Lipinski definition) is 0. The normalized spacial score (nSPS) is 33.4. The second kappa shape index (κ2) is 4.51. The summed E-state index contributed by atoms with van der Waals surface area (Å²) in [5.74, 6) is 0. The largest absolute Gasteiger partial charge is 0.103 e. The van der Waals surface area contributed by atoms with E-state index in [0.717, 1.165) is 6.42 Å². The van der Waals surface area contributed by atoms with Crippen molar-refractivity contribution in [2.24, 2.45) is 5.41 Å². The Balaban J connectivity index is 1.91. The topological polar surface area (TPSA) is 0 Å². The van der Waals surface area contributed by atoms with Crippen molar-refractivity contribution in [1.82, 2.24) is 0 Å². The smallest absolute Gasteiger partial charge is 0.00459 e. The fraction of sp³-hybridized carbons (Fsp3) is 0.579. The molecule has 0 N–H and O–H groups in total. The minimum Gasteiger partial charge on any atom is -0.103 e. The summed E-state index contributed by atoms with van der Waals surface area (Å²) in [5, 5.41) is 0. The first-order valence-corrected chi connectivity index (χ1v) is 7.87. The van der Waals surface area contributed by atoms with Gasteiger partial charge in [0.1, 0.15) is 0 Å². The van der Waals surface area contributed by atoms with Gasteiger partial charge in [0.2, 0.25) is 0 Å². The molecule has 4 rings (SSSR count). The molecule has 0 heteroatoms. The highest BCUT2D eigenvalue weighted by molar-refractivity contribution is 5.37. The van der Waals surface area contributed by atoms with E-state index in [2.05, 4.69) is 44.7 Å². The molecule has 19 heavy (non-hydrogen) atoms. The van der Waals surface area contributed by atoms with E-state index >= 15 is 0 Å². The van der Waals surface area contributed by atoms with E-state index in [-0.39, 0.29) is 0 Å². The lowest BCUT2D eigenvalue weighted by molar-refractivity contribution is 0.0793. The fourth-order valence-corrected chi connectivity index (χ4v) is 4.38. The van der Waals surface area contributed by atoms with Crippen LogP contribution in [0.25, 0.3) is 0 Å². The number of benzene rings is 1. The average molecular weight is 254 g/mol. The number of rotatable bonds is 3. The maximum Gasteiger partial charge on any atom is -0.00459 e. The molecule has 102 valence electrons. The van der Waals surface area contributed by atoms with Gasteiger partial charge in [0.15, 0.2) is 0 Å². The molecule has 0 unspecified atom stereocenters. The van der Waals surface area contributed by atoms with Crippen LogP contribution < -0.4 is 0 Å². The number of fused-ring (bicyclic) bond motifs is 3. The maximum absolute atomic E-state index is 4.08. The Morgan fingerprint density at radius 1 is 1.11 bits per heavy atom. The highest BCUT2D eigenvalue weighted by Gasteiger charge is 2.47. The molecule has 1 aromatic rings. The standard InChI is InChI=1S/C19H26/c1-4-16-6-7-17(14-15(16)3)19-11-8-18(5-2,9-12-19)10-13-19/h5-7,14H,2,4,8-13H2,1,3H3. The molecule has 3 fully saturated rings. The molecular formula is C19H26. The van der Waals surface area contributed by atoms with Crippen LogP contribution in [0.5, 0.6) is 0 Å². The van der Waals surface area contributed by atoms with Gasteiger partial charge in [-0.25, -0.2) is 0 Å². The van der Waals surface area contributed by atoms with E-state index in [4.69, 9.17) is 0 Å². The summed E-state index contributed by atoms with van der Waals surface area (Å²) in [7, 11) is 0. The Kier molecular flexibility index (Phi) is 3.08. The molecule has 1 aromatic carbocycles. The third kappa shape index (κ3) is 1.96. The zero-order valence-electron chi connectivity index (χ0n) is 12.5. The van der Waals surface area contributed by atoms with Gasteiger partial charge in [-0.2, -0.15) is 0 Å². The van der Waals surface area contributed by atoms with Crippen molar-refractivity contribution >= 4 is 0 Å². The zero-order chi connectivity index (χ0) is 13.5. The van der Waals surface area contributed by atoms with Crippen LogP contribution >= 0.6 is 0 Å². The van der Waals surface area contributed by atoms with Gasteiger partial charge in [-0.15, -0.1) is 6.58 Å². The summed E-state index contributed by atoms with van der Waals surface area (Å²) in [6.07, 6.45) is 11.6. The molecule has 0 amide bonds. The van der Waals surface area contributed by atoms with Crippen molar-refractivity contribution < 1.29 is 0 Å². The van der Waals surface area contributed by atoms with Gasteiger partial charge in [0, 0.05) is 0 Å². The van der Waals surface area contributed by atoms with Crippen molar-refractivity contribution in [3.63, 3.8) is 0 Å². The van der Waals surface area contributed by atoms with Crippen LogP contribution in [0, 0.1) is 12.3 Å². The maximum atomic E-state index is 4.08. The first kappa shape index (κ1) is 13.0. The molecule has 0 spiro atoms. The molecular weight excluding hydrogens is 228 g/mol. The third-order valence-electron chi connectivity index (χ3n) is 6.07. The van der Waals surface area contributed by atoms with Crippen molar-refractivity contribution in [1.29, 1.82) is 0 Å². The van der Waals surface area contributed by atoms with E-state index in [1.807, 2.05) is 0 Å². The van der Waals surface area contributed by atoms with Gasteiger partial charge < -0.3 is 0 Å². The van der Waals surface area contributed by atoms with Crippen LogP contribution in [-0.4, -0.2) is 0 Å². The van der Waals surface area contributed by atoms with Gasteiger partial charge in [-0.3, -0.25) is 0 Å². The predicted molar refractivity (Wildman–Crippen MR) is 82.6 cm³/mol. The molecule has 3 aliphatic rings. The summed E-state index contributed by atoms with van der Waals surface area (Å²) in [4.78, 5) is 0. The Morgan fingerprint density at radius 2 is 1.74 bits per heavy atom. The van der Waals surface area contributed by atoms with Crippen LogP contribution in [0.4, 0.5) is 0 Å². The first-order valence-electron chi connectivity index (χ1n) is 7.87. The molecule has 2 bridgehead atoms.